The molecule has 0 aliphatic rings. The third-order valence-corrected chi connectivity index (χ3v) is 8.57. The SMILES string of the molecule is CCCCOc1ccc(S(=O)(=O)c2cc(Cl)c(OCC(O)CS(=O)(=O)CC)c(Cl)c2)cc1. The molecule has 0 radical (unpaired) electrons. The molecule has 0 bridgehead atoms. The van der Waals surface area contributed by atoms with E-state index in [0.29, 0.717) is 12.4 Å². The number of hydrogen-bond acceptors (Lipinski definition) is 7. The van der Waals surface area contributed by atoms with Crippen LogP contribution in [0.3, 0.4) is 0 Å². The van der Waals surface area contributed by atoms with Gasteiger partial charge in [0, 0.05) is 5.75 Å². The first kappa shape index (κ1) is 26.7. The third-order valence-electron chi connectivity index (χ3n) is 4.49. The second-order valence-corrected chi connectivity index (χ2v) is 12.2. The van der Waals surface area contributed by atoms with Gasteiger partial charge in [0.05, 0.1) is 32.2 Å². The number of aliphatic hydroxyl groups excluding tert-OH is 1. The Kier molecular flexibility index (Phi) is 9.66. The molecule has 178 valence electrons. The van der Waals surface area contributed by atoms with Crippen molar-refractivity contribution in [3.63, 3.8) is 0 Å². The topological polar surface area (TPSA) is 107 Å². The van der Waals surface area contributed by atoms with Gasteiger partial charge in [0.15, 0.2) is 15.6 Å². The summed E-state index contributed by atoms with van der Waals surface area (Å²) in [5.41, 5.74) is 0. The highest BCUT2D eigenvalue weighted by Crippen LogP contribution is 2.37. The Bertz CT molecular complexity index is 1090. The first-order valence-corrected chi connectivity index (χ1v) is 14.0. The first-order chi connectivity index (χ1) is 15.0. The summed E-state index contributed by atoms with van der Waals surface area (Å²) < 4.78 is 60.0. The molecular weight excluding hydrogens is 499 g/mol. The number of sulfone groups is 2. The fourth-order valence-corrected chi connectivity index (χ4v) is 5.61. The molecule has 2 aromatic rings. The van der Waals surface area contributed by atoms with Crippen LogP contribution in [0, 0.1) is 0 Å². The molecular formula is C21H26Cl2O7S2. The van der Waals surface area contributed by atoms with Crippen LogP contribution in [-0.2, 0) is 19.7 Å². The molecule has 2 aromatic carbocycles. The van der Waals surface area contributed by atoms with E-state index in [-0.39, 0.29) is 37.9 Å². The van der Waals surface area contributed by atoms with Gasteiger partial charge in [-0.1, -0.05) is 43.5 Å². The highest BCUT2D eigenvalue weighted by atomic mass is 35.5. The summed E-state index contributed by atoms with van der Waals surface area (Å²) in [5, 5.41) is 9.72. The molecule has 11 heteroatoms. The fourth-order valence-electron chi connectivity index (χ4n) is 2.65. The number of aliphatic hydroxyl groups is 1. The van der Waals surface area contributed by atoms with Crippen molar-refractivity contribution in [1.29, 1.82) is 0 Å². The molecule has 0 saturated heterocycles. The van der Waals surface area contributed by atoms with Crippen LogP contribution < -0.4 is 9.47 Å². The summed E-state index contributed by atoms with van der Waals surface area (Å²) in [5.74, 6) is -0.0476. The van der Waals surface area contributed by atoms with E-state index < -0.39 is 31.5 Å². The minimum atomic E-state index is -3.91. The maximum Gasteiger partial charge on any atom is 0.206 e. The Balaban J connectivity index is 2.17. The van der Waals surface area contributed by atoms with Crippen LogP contribution in [0.1, 0.15) is 26.7 Å². The minimum Gasteiger partial charge on any atom is -0.494 e. The van der Waals surface area contributed by atoms with Crippen molar-refractivity contribution in [2.24, 2.45) is 0 Å². The van der Waals surface area contributed by atoms with Gasteiger partial charge in [0.2, 0.25) is 9.84 Å². The van der Waals surface area contributed by atoms with Gasteiger partial charge in [-0.15, -0.1) is 0 Å². The predicted octanol–water partition coefficient (Wildman–Crippen LogP) is 4.18. The van der Waals surface area contributed by atoms with Crippen LogP contribution in [0.2, 0.25) is 10.0 Å². The molecule has 2 rings (SSSR count). The maximum absolute atomic E-state index is 13.0. The normalized spacial score (nSPS) is 13.0. The molecule has 0 amide bonds. The van der Waals surface area contributed by atoms with Crippen molar-refractivity contribution in [3.8, 4) is 11.5 Å². The number of benzene rings is 2. The lowest BCUT2D eigenvalue weighted by Gasteiger charge is -2.15. The zero-order valence-electron chi connectivity index (χ0n) is 17.8. The van der Waals surface area contributed by atoms with E-state index in [4.69, 9.17) is 32.7 Å². The minimum absolute atomic E-state index is 0.0418. The molecule has 1 N–H and O–H groups in total. The van der Waals surface area contributed by atoms with Crippen molar-refractivity contribution in [1.82, 2.24) is 0 Å². The molecule has 0 aromatic heterocycles. The van der Waals surface area contributed by atoms with Gasteiger partial charge in [0.1, 0.15) is 18.5 Å². The maximum atomic E-state index is 13.0. The highest BCUT2D eigenvalue weighted by Gasteiger charge is 2.23. The lowest BCUT2D eigenvalue weighted by atomic mass is 10.3. The summed E-state index contributed by atoms with van der Waals surface area (Å²) >= 11 is 12.3. The number of hydrogen-bond donors (Lipinski definition) is 1. The van der Waals surface area contributed by atoms with Gasteiger partial charge < -0.3 is 14.6 Å². The predicted molar refractivity (Wildman–Crippen MR) is 125 cm³/mol. The lowest BCUT2D eigenvalue weighted by Crippen LogP contribution is -2.28. The van der Waals surface area contributed by atoms with Crippen LogP contribution >= 0.6 is 23.2 Å². The Hall–Kier alpha value is -1.52. The largest absolute Gasteiger partial charge is 0.494 e. The quantitative estimate of drug-likeness (QED) is 0.415. The average molecular weight is 525 g/mol. The molecule has 0 fully saturated rings. The third kappa shape index (κ3) is 7.25. The van der Waals surface area contributed by atoms with Gasteiger partial charge in [-0.3, -0.25) is 0 Å². The van der Waals surface area contributed by atoms with E-state index >= 15 is 0 Å². The highest BCUT2D eigenvalue weighted by molar-refractivity contribution is 7.91. The summed E-state index contributed by atoms with van der Waals surface area (Å²) in [6, 6.07) is 8.42. The molecule has 32 heavy (non-hydrogen) atoms. The monoisotopic (exact) mass is 524 g/mol. The Labute approximate surface area is 199 Å². The fraction of sp³-hybridized carbons (Fsp3) is 0.429. The van der Waals surface area contributed by atoms with Crippen molar-refractivity contribution >= 4 is 42.9 Å². The molecule has 0 heterocycles. The van der Waals surface area contributed by atoms with E-state index in [1.54, 1.807) is 12.1 Å². The number of halogens is 2. The molecule has 0 aliphatic carbocycles. The van der Waals surface area contributed by atoms with Crippen LogP contribution in [0.5, 0.6) is 11.5 Å². The van der Waals surface area contributed by atoms with Crippen molar-refractivity contribution in [2.75, 3.05) is 24.7 Å². The summed E-state index contributed by atoms with van der Waals surface area (Å²) in [7, 11) is -7.30. The van der Waals surface area contributed by atoms with Crippen LogP contribution in [0.4, 0.5) is 0 Å². The van der Waals surface area contributed by atoms with Gasteiger partial charge in [-0.25, -0.2) is 16.8 Å². The standard InChI is InChI=1S/C21H26Cl2O7S2/c1-3-5-10-29-16-6-8-17(9-7-16)32(27,28)18-11-19(22)21(20(23)12-18)30-13-15(24)14-31(25,26)4-2/h6-9,11-12,15,24H,3-5,10,13-14H2,1-2H3. The Morgan fingerprint density at radius 3 is 2.06 bits per heavy atom. The van der Waals surface area contributed by atoms with E-state index in [1.807, 2.05) is 6.92 Å². The average Bonchev–Trinajstić information content (AvgIpc) is 2.73. The van der Waals surface area contributed by atoms with Gasteiger partial charge in [-0.2, -0.15) is 0 Å². The Morgan fingerprint density at radius 2 is 1.53 bits per heavy atom. The Morgan fingerprint density at radius 1 is 0.938 bits per heavy atom. The second kappa shape index (κ2) is 11.6. The molecule has 0 saturated carbocycles. The molecule has 1 unspecified atom stereocenters. The van der Waals surface area contributed by atoms with E-state index in [1.165, 1.54) is 31.2 Å². The zero-order valence-corrected chi connectivity index (χ0v) is 20.9. The second-order valence-electron chi connectivity index (χ2n) is 7.06. The smallest absolute Gasteiger partial charge is 0.206 e. The van der Waals surface area contributed by atoms with Gasteiger partial charge in [-0.05, 0) is 42.8 Å². The van der Waals surface area contributed by atoms with Crippen LogP contribution in [0.15, 0.2) is 46.2 Å². The number of ether oxygens (including phenoxy) is 2. The van der Waals surface area contributed by atoms with E-state index in [9.17, 15) is 21.9 Å². The van der Waals surface area contributed by atoms with Crippen molar-refractivity contribution < 1.29 is 31.4 Å². The van der Waals surface area contributed by atoms with Gasteiger partial charge >= 0.3 is 0 Å². The first-order valence-electron chi connectivity index (χ1n) is 9.98. The zero-order chi connectivity index (χ0) is 23.9. The van der Waals surface area contributed by atoms with E-state index in [0.717, 1.165) is 12.8 Å². The molecule has 1 atom stereocenters. The number of rotatable bonds is 12. The molecule has 0 aliphatic heterocycles. The van der Waals surface area contributed by atoms with Crippen molar-refractivity contribution in [3.05, 3.63) is 46.4 Å². The summed E-state index contributed by atoms with van der Waals surface area (Å²) in [6.07, 6.45) is 0.607. The van der Waals surface area contributed by atoms with E-state index in [2.05, 4.69) is 0 Å². The van der Waals surface area contributed by atoms with Crippen molar-refractivity contribution in [2.45, 2.75) is 42.6 Å². The molecule has 7 nitrogen and oxygen atoms in total. The lowest BCUT2D eigenvalue weighted by molar-refractivity contribution is 0.125. The summed E-state index contributed by atoms with van der Waals surface area (Å²) in [6.45, 7) is 3.70. The number of unbranched alkanes of at least 4 members (excludes halogenated alkanes) is 1. The van der Waals surface area contributed by atoms with Gasteiger partial charge in [0.25, 0.3) is 0 Å². The summed E-state index contributed by atoms with van der Waals surface area (Å²) in [4.78, 5) is -0.0880. The van der Waals surface area contributed by atoms with Crippen LogP contribution in [-0.4, -0.2) is 52.8 Å². The molecule has 0 spiro atoms. The van der Waals surface area contributed by atoms with Crippen LogP contribution in [0.25, 0.3) is 0 Å².